The molecule has 18 heavy (non-hydrogen) atoms. The standard InChI is InChI=1S/C11H20F3NOSSi/c1-10(2,3)18(4,5)16-7-8-6-15-17-9(8)11(12,13)14/h6,8-9H,7H2,1-5H3. The quantitative estimate of drug-likeness (QED) is 0.573. The van der Waals surface area contributed by atoms with Crippen LogP contribution in [0.3, 0.4) is 0 Å². The van der Waals surface area contributed by atoms with Crippen LogP contribution in [0.15, 0.2) is 4.40 Å². The molecule has 0 bridgehead atoms. The minimum Gasteiger partial charge on any atom is -0.416 e. The SMILES string of the molecule is CC(C)(C)[Si](C)(C)OCC1C=NSC1C(F)(F)F. The molecule has 106 valence electrons. The number of hydrogen-bond acceptors (Lipinski definition) is 3. The van der Waals surface area contributed by atoms with Crippen LogP contribution in [0.4, 0.5) is 13.2 Å². The van der Waals surface area contributed by atoms with E-state index in [-0.39, 0.29) is 11.6 Å². The Balaban J connectivity index is 2.61. The molecule has 1 aliphatic rings. The predicted octanol–water partition coefficient (Wildman–Crippen LogP) is 4.29. The lowest BCUT2D eigenvalue weighted by atomic mass is 10.1. The molecular weight excluding hydrogens is 279 g/mol. The van der Waals surface area contributed by atoms with Crippen molar-refractivity contribution in [1.29, 1.82) is 0 Å². The summed E-state index contributed by atoms with van der Waals surface area (Å²) in [7, 11) is -2.00. The van der Waals surface area contributed by atoms with Crippen molar-refractivity contribution in [2.45, 2.75) is 50.3 Å². The summed E-state index contributed by atoms with van der Waals surface area (Å²) in [6, 6.07) is 0. The molecule has 1 heterocycles. The maximum absolute atomic E-state index is 12.7. The van der Waals surface area contributed by atoms with Crippen LogP contribution in [0.5, 0.6) is 0 Å². The van der Waals surface area contributed by atoms with Crippen LogP contribution >= 0.6 is 11.9 Å². The van der Waals surface area contributed by atoms with Gasteiger partial charge in [0, 0.05) is 18.7 Å². The fraction of sp³-hybridized carbons (Fsp3) is 0.909. The first-order valence-electron chi connectivity index (χ1n) is 5.85. The highest BCUT2D eigenvalue weighted by Crippen LogP contribution is 2.41. The summed E-state index contributed by atoms with van der Waals surface area (Å²) in [5.74, 6) is -0.663. The lowest BCUT2D eigenvalue weighted by Gasteiger charge is -2.37. The molecule has 2 atom stereocenters. The van der Waals surface area contributed by atoms with Gasteiger partial charge in [-0.1, -0.05) is 20.8 Å². The summed E-state index contributed by atoms with van der Waals surface area (Å²) in [6.45, 7) is 10.4. The molecule has 1 rings (SSSR count). The van der Waals surface area contributed by atoms with Crippen molar-refractivity contribution in [3.8, 4) is 0 Å². The summed E-state index contributed by atoms with van der Waals surface area (Å²) >= 11 is 0.595. The molecule has 0 aromatic heterocycles. The van der Waals surface area contributed by atoms with E-state index in [0.29, 0.717) is 11.9 Å². The maximum atomic E-state index is 12.7. The third-order valence-corrected chi connectivity index (χ3v) is 9.17. The van der Waals surface area contributed by atoms with Crippen LogP contribution in [0.2, 0.25) is 18.1 Å². The Labute approximate surface area is 112 Å². The van der Waals surface area contributed by atoms with Gasteiger partial charge in [0.15, 0.2) is 8.32 Å². The van der Waals surface area contributed by atoms with E-state index in [1.165, 1.54) is 6.21 Å². The molecular formula is C11H20F3NOSSi. The van der Waals surface area contributed by atoms with Crippen LogP contribution < -0.4 is 0 Å². The van der Waals surface area contributed by atoms with E-state index < -0.39 is 25.7 Å². The first-order chi connectivity index (χ1) is 7.95. The van der Waals surface area contributed by atoms with Crippen LogP contribution in [-0.4, -0.2) is 32.6 Å². The largest absolute Gasteiger partial charge is 0.416 e. The second-order valence-corrected chi connectivity index (χ2v) is 11.8. The number of halogens is 3. The Hall–Kier alpha value is -0.0131. The van der Waals surface area contributed by atoms with Gasteiger partial charge in [-0.25, -0.2) is 4.40 Å². The van der Waals surface area contributed by atoms with Gasteiger partial charge in [0.1, 0.15) is 5.25 Å². The molecule has 0 aromatic carbocycles. The Kier molecular flexibility index (Phi) is 4.61. The number of hydrogen-bond donors (Lipinski definition) is 0. The van der Waals surface area contributed by atoms with Gasteiger partial charge in [-0.3, -0.25) is 0 Å². The molecule has 0 aromatic rings. The molecule has 0 spiro atoms. The van der Waals surface area contributed by atoms with Gasteiger partial charge in [0.25, 0.3) is 0 Å². The predicted molar refractivity (Wildman–Crippen MR) is 72.6 cm³/mol. The molecule has 0 saturated heterocycles. The van der Waals surface area contributed by atoms with Crippen LogP contribution in [0, 0.1) is 5.92 Å². The Morgan fingerprint density at radius 1 is 1.28 bits per heavy atom. The second kappa shape index (κ2) is 5.17. The van der Waals surface area contributed by atoms with E-state index >= 15 is 0 Å². The Morgan fingerprint density at radius 3 is 2.28 bits per heavy atom. The number of rotatable bonds is 3. The van der Waals surface area contributed by atoms with Gasteiger partial charge in [-0.2, -0.15) is 13.2 Å². The zero-order valence-corrected chi connectivity index (χ0v) is 13.2. The van der Waals surface area contributed by atoms with Crippen molar-refractivity contribution in [2.75, 3.05) is 6.61 Å². The summed E-state index contributed by atoms with van der Waals surface area (Å²) in [5, 5.41) is -1.45. The summed E-state index contributed by atoms with van der Waals surface area (Å²) < 4.78 is 47.7. The highest BCUT2D eigenvalue weighted by molar-refractivity contribution is 7.99. The Morgan fingerprint density at radius 2 is 1.83 bits per heavy atom. The summed E-state index contributed by atoms with van der Waals surface area (Å²) in [6.07, 6.45) is -2.85. The highest BCUT2D eigenvalue weighted by atomic mass is 32.2. The van der Waals surface area contributed by atoms with Gasteiger partial charge in [0.2, 0.25) is 0 Å². The molecule has 2 nitrogen and oxygen atoms in total. The van der Waals surface area contributed by atoms with Crippen molar-refractivity contribution in [3.05, 3.63) is 0 Å². The zero-order valence-electron chi connectivity index (χ0n) is 11.3. The van der Waals surface area contributed by atoms with Crippen LogP contribution in [0.25, 0.3) is 0 Å². The van der Waals surface area contributed by atoms with Crippen LogP contribution in [-0.2, 0) is 4.43 Å². The van der Waals surface area contributed by atoms with E-state index in [2.05, 4.69) is 25.2 Å². The van der Waals surface area contributed by atoms with Gasteiger partial charge in [-0.15, -0.1) is 0 Å². The third-order valence-electron chi connectivity index (χ3n) is 3.58. The molecule has 7 heteroatoms. The minimum absolute atomic E-state index is 0.00359. The topological polar surface area (TPSA) is 21.6 Å². The first kappa shape index (κ1) is 16.0. The van der Waals surface area contributed by atoms with Gasteiger partial charge < -0.3 is 4.43 Å². The lowest BCUT2D eigenvalue weighted by molar-refractivity contribution is -0.134. The van der Waals surface area contributed by atoms with E-state index in [1.54, 1.807) is 0 Å². The summed E-state index contributed by atoms with van der Waals surface area (Å²) in [4.78, 5) is 0. The van der Waals surface area contributed by atoms with E-state index in [9.17, 15) is 13.2 Å². The summed E-state index contributed by atoms with van der Waals surface area (Å²) in [5.41, 5.74) is 0. The fourth-order valence-corrected chi connectivity index (χ4v) is 3.11. The van der Waals surface area contributed by atoms with E-state index in [1.807, 2.05) is 13.1 Å². The smallest absolute Gasteiger partial charge is 0.403 e. The molecule has 0 N–H and O–H groups in total. The van der Waals surface area contributed by atoms with Crippen molar-refractivity contribution < 1.29 is 17.6 Å². The lowest BCUT2D eigenvalue weighted by Crippen LogP contribution is -2.44. The number of alkyl halides is 3. The Bertz CT molecular complexity index is 325. The average molecular weight is 299 g/mol. The van der Waals surface area contributed by atoms with Crippen molar-refractivity contribution in [1.82, 2.24) is 0 Å². The minimum atomic E-state index is -4.22. The van der Waals surface area contributed by atoms with E-state index in [0.717, 1.165) is 0 Å². The normalized spacial score (nSPS) is 25.8. The van der Waals surface area contributed by atoms with E-state index in [4.69, 9.17) is 4.43 Å². The second-order valence-electron chi connectivity index (χ2n) is 6.06. The van der Waals surface area contributed by atoms with Crippen LogP contribution in [0.1, 0.15) is 20.8 Å². The fourth-order valence-electron chi connectivity index (χ4n) is 1.29. The first-order valence-corrected chi connectivity index (χ1v) is 9.59. The van der Waals surface area contributed by atoms with Crippen molar-refractivity contribution in [2.24, 2.45) is 10.3 Å². The maximum Gasteiger partial charge on any atom is 0.403 e. The number of nitrogens with zero attached hydrogens (tertiary/aromatic N) is 1. The van der Waals surface area contributed by atoms with Gasteiger partial charge >= 0.3 is 6.18 Å². The molecule has 0 aliphatic carbocycles. The molecule has 0 saturated carbocycles. The molecule has 0 fully saturated rings. The molecule has 0 amide bonds. The van der Waals surface area contributed by atoms with Gasteiger partial charge in [0.05, 0.1) is 0 Å². The molecule has 0 radical (unpaired) electrons. The van der Waals surface area contributed by atoms with Crippen molar-refractivity contribution >= 4 is 26.5 Å². The average Bonchev–Trinajstić information content (AvgIpc) is 2.59. The monoisotopic (exact) mass is 299 g/mol. The molecule has 1 aliphatic heterocycles. The highest BCUT2D eigenvalue weighted by Gasteiger charge is 2.48. The van der Waals surface area contributed by atoms with Crippen molar-refractivity contribution in [3.63, 3.8) is 0 Å². The molecule has 2 unspecified atom stereocenters. The zero-order chi connectivity index (χ0) is 14.2. The third kappa shape index (κ3) is 3.74. The van der Waals surface area contributed by atoms with Gasteiger partial charge in [-0.05, 0) is 30.1 Å².